The summed E-state index contributed by atoms with van der Waals surface area (Å²) < 4.78 is 10.5. The van der Waals surface area contributed by atoms with Gasteiger partial charge < -0.3 is 19.7 Å². The maximum absolute atomic E-state index is 12.6. The minimum Gasteiger partial charge on any atom is -0.495 e. The Balaban J connectivity index is 1.75. The van der Waals surface area contributed by atoms with Crippen LogP contribution in [0.5, 0.6) is 11.5 Å². The topological polar surface area (TPSA) is 63.7 Å². The number of hydrogen-bond donors (Lipinski definition) is 1. The van der Waals surface area contributed by atoms with E-state index in [1.165, 1.54) is 33.5 Å². The van der Waals surface area contributed by atoms with Crippen LogP contribution in [0.15, 0.2) is 30.5 Å². The van der Waals surface area contributed by atoms with Gasteiger partial charge in [-0.15, -0.1) is 0 Å². The Hall–Kier alpha value is -2.47. The average Bonchev–Trinajstić information content (AvgIpc) is 2.69. The summed E-state index contributed by atoms with van der Waals surface area (Å²) in [5.74, 6) is 1.56. The van der Waals surface area contributed by atoms with Crippen LogP contribution in [0.1, 0.15) is 29.6 Å². The van der Waals surface area contributed by atoms with Crippen LogP contribution < -0.4 is 19.7 Å². The molecule has 1 N–H and O–H groups in total. The van der Waals surface area contributed by atoms with E-state index in [0.717, 1.165) is 18.9 Å². The number of amides is 1. The first-order valence-electron chi connectivity index (χ1n) is 8.56. The predicted octanol–water partition coefficient (Wildman–Crippen LogP) is 3.99. The van der Waals surface area contributed by atoms with E-state index in [1.54, 1.807) is 24.4 Å². The molecule has 1 aromatic carbocycles. The Morgan fingerprint density at radius 1 is 1.12 bits per heavy atom. The van der Waals surface area contributed by atoms with Crippen molar-refractivity contribution in [2.75, 3.05) is 37.5 Å². The molecule has 0 spiro atoms. The van der Waals surface area contributed by atoms with Gasteiger partial charge in [-0.05, 0) is 31.4 Å². The minimum atomic E-state index is -0.273. The summed E-state index contributed by atoms with van der Waals surface area (Å²) in [4.78, 5) is 19.3. The molecule has 1 saturated heterocycles. The lowest BCUT2D eigenvalue weighted by atomic mass is 10.1. The predicted molar refractivity (Wildman–Crippen MR) is 103 cm³/mol. The van der Waals surface area contributed by atoms with Crippen LogP contribution in [0.4, 0.5) is 11.5 Å². The van der Waals surface area contributed by atoms with Gasteiger partial charge in [-0.1, -0.05) is 11.6 Å². The van der Waals surface area contributed by atoms with Crippen LogP contribution in [0.25, 0.3) is 0 Å². The molecule has 0 radical (unpaired) electrons. The van der Waals surface area contributed by atoms with E-state index in [4.69, 9.17) is 21.1 Å². The van der Waals surface area contributed by atoms with Gasteiger partial charge in [-0.3, -0.25) is 4.79 Å². The third-order valence-electron chi connectivity index (χ3n) is 4.41. The summed E-state index contributed by atoms with van der Waals surface area (Å²) in [6.07, 6.45) is 5.23. The number of carbonyl (C=O) groups excluding carboxylic acids is 1. The molecule has 0 atom stereocenters. The molecule has 3 rings (SSSR count). The molecule has 138 valence electrons. The fraction of sp³-hybridized carbons (Fsp3) is 0.368. The molecule has 1 fully saturated rings. The number of benzene rings is 1. The Morgan fingerprint density at radius 3 is 2.46 bits per heavy atom. The molecule has 0 saturated carbocycles. The highest BCUT2D eigenvalue weighted by Crippen LogP contribution is 2.36. The number of carbonyl (C=O) groups is 1. The zero-order chi connectivity index (χ0) is 18.5. The van der Waals surface area contributed by atoms with Crippen molar-refractivity contribution in [2.45, 2.75) is 19.3 Å². The van der Waals surface area contributed by atoms with Gasteiger partial charge in [-0.2, -0.15) is 0 Å². The highest BCUT2D eigenvalue weighted by Gasteiger charge is 2.16. The van der Waals surface area contributed by atoms with Gasteiger partial charge >= 0.3 is 0 Å². The van der Waals surface area contributed by atoms with E-state index < -0.39 is 0 Å². The molecule has 26 heavy (non-hydrogen) atoms. The lowest BCUT2D eigenvalue weighted by molar-refractivity contribution is 0.102. The summed E-state index contributed by atoms with van der Waals surface area (Å²) in [7, 11) is 3.03. The van der Waals surface area contributed by atoms with Gasteiger partial charge in [0.25, 0.3) is 5.91 Å². The monoisotopic (exact) mass is 375 g/mol. The number of piperidine rings is 1. The van der Waals surface area contributed by atoms with Crippen molar-refractivity contribution in [3.63, 3.8) is 0 Å². The third kappa shape index (κ3) is 4.02. The summed E-state index contributed by atoms with van der Waals surface area (Å²) in [5, 5.41) is 3.23. The number of anilines is 2. The molecule has 1 aliphatic rings. The van der Waals surface area contributed by atoms with Crippen LogP contribution in [-0.2, 0) is 0 Å². The van der Waals surface area contributed by atoms with E-state index in [-0.39, 0.29) is 5.91 Å². The smallest absolute Gasteiger partial charge is 0.257 e. The van der Waals surface area contributed by atoms with Crippen LogP contribution in [0, 0.1) is 0 Å². The molecule has 7 heteroatoms. The number of nitrogens with zero attached hydrogens (tertiary/aromatic N) is 2. The number of pyridine rings is 1. The molecule has 6 nitrogen and oxygen atoms in total. The van der Waals surface area contributed by atoms with Crippen molar-refractivity contribution in [2.24, 2.45) is 0 Å². The SMILES string of the molecule is COc1cc(NC(=O)c2ccc(N3CCCCC3)nc2)c(OC)cc1Cl. The number of ether oxygens (including phenoxy) is 2. The summed E-state index contributed by atoms with van der Waals surface area (Å²) in [6, 6.07) is 6.91. The maximum Gasteiger partial charge on any atom is 0.257 e. The van der Waals surface area contributed by atoms with Crippen LogP contribution in [0.2, 0.25) is 5.02 Å². The molecule has 1 amide bonds. The van der Waals surface area contributed by atoms with E-state index in [9.17, 15) is 4.79 Å². The molecule has 2 heterocycles. The zero-order valence-corrected chi connectivity index (χ0v) is 15.7. The van der Waals surface area contributed by atoms with Crippen LogP contribution in [0.3, 0.4) is 0 Å². The number of hydrogen-bond acceptors (Lipinski definition) is 5. The van der Waals surface area contributed by atoms with Gasteiger partial charge in [0.05, 0.1) is 30.5 Å². The standard InChI is InChI=1S/C19H22ClN3O3/c1-25-16-11-15(17(26-2)10-14(16)20)22-19(24)13-6-7-18(21-12-13)23-8-4-3-5-9-23/h6-7,10-12H,3-5,8-9H2,1-2H3,(H,22,24). The quantitative estimate of drug-likeness (QED) is 0.855. The van der Waals surface area contributed by atoms with Gasteiger partial charge in [0.2, 0.25) is 0 Å². The van der Waals surface area contributed by atoms with Crippen LogP contribution in [-0.4, -0.2) is 38.2 Å². The van der Waals surface area contributed by atoms with E-state index in [1.807, 2.05) is 6.07 Å². The van der Waals surface area contributed by atoms with E-state index in [0.29, 0.717) is 27.8 Å². The first kappa shape index (κ1) is 18.3. The van der Waals surface area contributed by atoms with Crippen LogP contribution >= 0.6 is 11.6 Å². The van der Waals surface area contributed by atoms with E-state index >= 15 is 0 Å². The Bertz CT molecular complexity index is 774. The highest BCUT2D eigenvalue weighted by atomic mass is 35.5. The normalized spacial score (nSPS) is 14.0. The van der Waals surface area contributed by atoms with Crippen molar-refractivity contribution in [3.05, 3.63) is 41.0 Å². The van der Waals surface area contributed by atoms with Crippen molar-refractivity contribution in [3.8, 4) is 11.5 Å². The molecule has 1 aliphatic heterocycles. The van der Waals surface area contributed by atoms with Crippen molar-refractivity contribution < 1.29 is 14.3 Å². The third-order valence-corrected chi connectivity index (χ3v) is 4.71. The summed E-state index contributed by atoms with van der Waals surface area (Å²) in [6.45, 7) is 2.03. The second-order valence-electron chi connectivity index (χ2n) is 6.09. The molecule has 1 aromatic heterocycles. The molecular weight excluding hydrogens is 354 g/mol. The molecule has 0 aliphatic carbocycles. The lowest BCUT2D eigenvalue weighted by Crippen LogP contribution is -2.30. The van der Waals surface area contributed by atoms with E-state index in [2.05, 4.69) is 15.2 Å². The van der Waals surface area contributed by atoms with Crippen molar-refractivity contribution in [1.29, 1.82) is 0 Å². The first-order chi connectivity index (χ1) is 12.6. The number of halogens is 1. The second kappa shape index (κ2) is 8.27. The summed E-state index contributed by atoms with van der Waals surface area (Å²) in [5.41, 5.74) is 0.959. The fourth-order valence-electron chi connectivity index (χ4n) is 2.98. The lowest BCUT2D eigenvalue weighted by Gasteiger charge is -2.27. The number of rotatable bonds is 5. The number of nitrogens with one attached hydrogen (secondary N) is 1. The fourth-order valence-corrected chi connectivity index (χ4v) is 3.21. The van der Waals surface area contributed by atoms with Gasteiger partial charge in [0.15, 0.2) is 0 Å². The van der Waals surface area contributed by atoms with Gasteiger partial charge in [0.1, 0.15) is 17.3 Å². The van der Waals surface area contributed by atoms with Crippen molar-refractivity contribution >= 4 is 29.0 Å². The van der Waals surface area contributed by atoms with Gasteiger partial charge in [0, 0.05) is 31.4 Å². The zero-order valence-electron chi connectivity index (χ0n) is 14.9. The average molecular weight is 376 g/mol. The molecule has 0 bridgehead atoms. The maximum atomic E-state index is 12.6. The number of methoxy groups -OCH3 is 2. The largest absolute Gasteiger partial charge is 0.495 e. The Kier molecular flexibility index (Phi) is 5.83. The molecule has 2 aromatic rings. The number of aromatic nitrogens is 1. The second-order valence-corrected chi connectivity index (χ2v) is 6.50. The summed E-state index contributed by atoms with van der Waals surface area (Å²) >= 11 is 6.09. The highest BCUT2D eigenvalue weighted by molar-refractivity contribution is 6.32. The minimum absolute atomic E-state index is 0.273. The van der Waals surface area contributed by atoms with Crippen molar-refractivity contribution in [1.82, 2.24) is 4.98 Å². The molecular formula is C19H22ClN3O3. The Morgan fingerprint density at radius 2 is 1.85 bits per heavy atom. The Labute approximate surface area is 158 Å². The first-order valence-corrected chi connectivity index (χ1v) is 8.94. The van der Waals surface area contributed by atoms with Gasteiger partial charge in [-0.25, -0.2) is 4.98 Å². The molecule has 0 unspecified atom stereocenters.